The van der Waals surface area contributed by atoms with Gasteiger partial charge in [0.2, 0.25) is 5.16 Å². The average Bonchev–Trinajstić information content (AvgIpc) is 2.47. The molecule has 1 aromatic heterocycles. The van der Waals surface area contributed by atoms with Crippen molar-refractivity contribution in [1.29, 1.82) is 0 Å². The lowest BCUT2D eigenvalue weighted by Crippen LogP contribution is -1.97. The molecule has 1 heterocycles. The van der Waals surface area contributed by atoms with Gasteiger partial charge in [-0.25, -0.2) is 4.68 Å². The summed E-state index contributed by atoms with van der Waals surface area (Å²) in [6.07, 6.45) is 0.869. The van der Waals surface area contributed by atoms with Crippen LogP contribution in [0.25, 0.3) is 0 Å². The van der Waals surface area contributed by atoms with Crippen LogP contribution < -0.4 is 0 Å². The van der Waals surface area contributed by atoms with Gasteiger partial charge in [-0.2, -0.15) is 0 Å². The fourth-order valence-corrected chi connectivity index (χ4v) is 2.75. The quantitative estimate of drug-likeness (QED) is 0.592. The zero-order chi connectivity index (χ0) is 9.47. The molecule has 1 aliphatic rings. The van der Waals surface area contributed by atoms with E-state index >= 15 is 0 Å². The standard InChI is InChI=1S/C6H8Cl2N4S/c1-12-5(9-10-11-12)13-3-4-2-6(4,7)8/h4H,2-3H2,1H3. The fraction of sp³-hybridized carbons (Fsp3) is 0.833. The molecule has 1 saturated carbocycles. The Hall–Kier alpha value is -0.000000000000000111. The maximum atomic E-state index is 5.88. The Morgan fingerprint density at radius 2 is 2.38 bits per heavy atom. The van der Waals surface area contributed by atoms with Gasteiger partial charge >= 0.3 is 0 Å². The predicted octanol–water partition coefficient (Wildman–Crippen LogP) is 1.50. The first-order chi connectivity index (χ1) is 6.09. The topological polar surface area (TPSA) is 43.6 Å². The van der Waals surface area contributed by atoms with E-state index < -0.39 is 4.33 Å². The van der Waals surface area contributed by atoms with Crippen molar-refractivity contribution in [2.45, 2.75) is 15.9 Å². The van der Waals surface area contributed by atoms with Gasteiger partial charge in [0.25, 0.3) is 0 Å². The summed E-state index contributed by atoms with van der Waals surface area (Å²) < 4.78 is 1.14. The van der Waals surface area contributed by atoms with Crippen molar-refractivity contribution >= 4 is 35.0 Å². The zero-order valence-corrected chi connectivity index (χ0v) is 9.27. The smallest absolute Gasteiger partial charge is 0.209 e. The molecule has 72 valence electrons. The molecule has 0 N–H and O–H groups in total. The second-order valence-electron chi connectivity index (χ2n) is 3.06. The highest BCUT2D eigenvalue weighted by molar-refractivity contribution is 7.99. The minimum absolute atomic E-state index is 0.373. The number of aryl methyl sites for hydroxylation is 1. The van der Waals surface area contributed by atoms with Crippen LogP contribution in [0.5, 0.6) is 0 Å². The van der Waals surface area contributed by atoms with Crippen molar-refractivity contribution in [3.63, 3.8) is 0 Å². The highest BCUT2D eigenvalue weighted by Crippen LogP contribution is 2.54. The molecule has 13 heavy (non-hydrogen) atoms. The Morgan fingerprint density at radius 1 is 1.69 bits per heavy atom. The lowest BCUT2D eigenvalue weighted by atomic mass is 10.5. The molecule has 4 nitrogen and oxygen atoms in total. The van der Waals surface area contributed by atoms with Crippen LogP contribution in [0.15, 0.2) is 5.16 Å². The number of hydrogen-bond acceptors (Lipinski definition) is 4. The van der Waals surface area contributed by atoms with Gasteiger partial charge in [-0.3, -0.25) is 0 Å². The van der Waals surface area contributed by atoms with E-state index in [0.717, 1.165) is 17.3 Å². The summed E-state index contributed by atoms with van der Waals surface area (Å²) in [7, 11) is 1.81. The molecule has 0 amide bonds. The van der Waals surface area contributed by atoms with E-state index in [-0.39, 0.29) is 0 Å². The molecule has 7 heteroatoms. The van der Waals surface area contributed by atoms with Gasteiger partial charge in [-0.1, -0.05) is 11.8 Å². The van der Waals surface area contributed by atoms with Crippen LogP contribution in [0.4, 0.5) is 0 Å². The molecule has 1 atom stereocenters. The van der Waals surface area contributed by atoms with E-state index in [4.69, 9.17) is 23.2 Å². The molecule has 1 unspecified atom stereocenters. The first kappa shape index (κ1) is 9.55. The molecule has 0 radical (unpaired) electrons. The molecule has 0 saturated heterocycles. The second kappa shape index (κ2) is 3.29. The molecule has 1 aliphatic carbocycles. The van der Waals surface area contributed by atoms with Crippen molar-refractivity contribution in [2.75, 3.05) is 5.75 Å². The van der Waals surface area contributed by atoms with Crippen molar-refractivity contribution in [3.05, 3.63) is 0 Å². The van der Waals surface area contributed by atoms with Crippen molar-refractivity contribution < 1.29 is 0 Å². The summed E-state index contributed by atoms with van der Waals surface area (Å²) in [5, 5.41) is 11.9. The largest absolute Gasteiger partial charge is 0.224 e. The number of rotatable bonds is 3. The van der Waals surface area contributed by atoms with Gasteiger partial charge in [0.05, 0.1) is 0 Å². The van der Waals surface area contributed by atoms with Gasteiger partial charge < -0.3 is 0 Å². The molecule has 0 aromatic carbocycles. The molecule has 1 aromatic rings. The van der Waals surface area contributed by atoms with Crippen LogP contribution in [0.1, 0.15) is 6.42 Å². The molecular weight excluding hydrogens is 231 g/mol. The summed E-state index contributed by atoms with van der Waals surface area (Å²) in [5.74, 6) is 1.25. The highest BCUT2D eigenvalue weighted by atomic mass is 35.5. The monoisotopic (exact) mass is 238 g/mol. The first-order valence-electron chi connectivity index (χ1n) is 3.82. The number of alkyl halides is 2. The molecule has 0 spiro atoms. The lowest BCUT2D eigenvalue weighted by Gasteiger charge is -1.98. The van der Waals surface area contributed by atoms with E-state index in [1.54, 1.807) is 16.4 Å². The number of tetrazole rings is 1. The minimum atomic E-state index is -0.501. The number of thioether (sulfide) groups is 1. The molecule has 1 fully saturated rings. The first-order valence-corrected chi connectivity index (χ1v) is 5.57. The third-order valence-electron chi connectivity index (χ3n) is 1.95. The molecule has 0 aliphatic heterocycles. The third-order valence-corrected chi connectivity index (χ3v) is 4.05. The Bertz CT molecular complexity index is 313. The van der Waals surface area contributed by atoms with Crippen LogP contribution in [-0.2, 0) is 7.05 Å². The van der Waals surface area contributed by atoms with Crippen molar-refractivity contribution in [1.82, 2.24) is 20.2 Å². The number of hydrogen-bond donors (Lipinski definition) is 0. The van der Waals surface area contributed by atoms with Crippen molar-refractivity contribution in [2.24, 2.45) is 13.0 Å². The molecular formula is C6H8Cl2N4S. The van der Waals surface area contributed by atoms with Gasteiger partial charge in [0.1, 0.15) is 4.33 Å². The molecule has 2 rings (SSSR count). The Balaban J connectivity index is 1.85. The van der Waals surface area contributed by atoms with Crippen LogP contribution in [0.2, 0.25) is 0 Å². The number of aromatic nitrogens is 4. The molecule has 0 bridgehead atoms. The third kappa shape index (κ3) is 2.08. The van der Waals surface area contributed by atoms with E-state index in [1.165, 1.54) is 0 Å². The maximum absolute atomic E-state index is 5.88. The van der Waals surface area contributed by atoms with Gasteiger partial charge in [0, 0.05) is 18.7 Å². The maximum Gasteiger partial charge on any atom is 0.209 e. The van der Waals surface area contributed by atoms with Crippen LogP contribution in [0.3, 0.4) is 0 Å². The summed E-state index contributed by atoms with van der Waals surface area (Å²) in [6, 6.07) is 0. The van der Waals surface area contributed by atoms with Gasteiger partial charge in [-0.15, -0.1) is 28.3 Å². The summed E-state index contributed by atoms with van der Waals surface area (Å²) in [5.41, 5.74) is 0. The predicted molar refractivity (Wildman–Crippen MR) is 52.1 cm³/mol. The average molecular weight is 239 g/mol. The fourth-order valence-electron chi connectivity index (χ4n) is 0.969. The Morgan fingerprint density at radius 3 is 2.85 bits per heavy atom. The van der Waals surface area contributed by atoms with E-state index in [0.29, 0.717) is 5.92 Å². The van der Waals surface area contributed by atoms with E-state index in [1.807, 2.05) is 7.05 Å². The van der Waals surface area contributed by atoms with Gasteiger partial charge in [0.15, 0.2) is 0 Å². The Kier molecular flexibility index (Phi) is 2.42. The summed E-state index contributed by atoms with van der Waals surface area (Å²) in [6.45, 7) is 0. The van der Waals surface area contributed by atoms with E-state index in [9.17, 15) is 0 Å². The van der Waals surface area contributed by atoms with Crippen molar-refractivity contribution in [3.8, 4) is 0 Å². The van der Waals surface area contributed by atoms with Gasteiger partial charge in [-0.05, 0) is 16.8 Å². The SMILES string of the molecule is Cn1nnnc1SCC1CC1(Cl)Cl. The van der Waals surface area contributed by atoms with E-state index in [2.05, 4.69) is 15.5 Å². The number of halogens is 2. The minimum Gasteiger partial charge on any atom is -0.224 e. The van der Waals surface area contributed by atoms with Crippen LogP contribution >= 0.6 is 35.0 Å². The normalized spacial score (nSPS) is 24.7. The zero-order valence-electron chi connectivity index (χ0n) is 6.94. The highest BCUT2D eigenvalue weighted by Gasteiger charge is 2.51. The van der Waals surface area contributed by atoms with Crippen LogP contribution in [-0.4, -0.2) is 30.3 Å². The lowest BCUT2D eigenvalue weighted by molar-refractivity contribution is 0.664. The second-order valence-corrected chi connectivity index (χ2v) is 5.59. The summed E-state index contributed by atoms with van der Waals surface area (Å²) >= 11 is 13.3. The summed E-state index contributed by atoms with van der Waals surface area (Å²) in [4.78, 5) is 0. The Labute approximate surface area is 90.0 Å². The number of nitrogens with zero attached hydrogens (tertiary/aromatic N) is 4. The van der Waals surface area contributed by atoms with Crippen LogP contribution in [0, 0.1) is 5.92 Å².